The molecule has 1 atom stereocenters. The number of rotatable bonds is 3. The summed E-state index contributed by atoms with van der Waals surface area (Å²) < 4.78 is 1.73. The Kier molecular flexibility index (Phi) is 3.60. The smallest absolute Gasteiger partial charge is 0.250 e. The summed E-state index contributed by atoms with van der Waals surface area (Å²) in [4.78, 5) is 11.4. The van der Waals surface area contributed by atoms with Gasteiger partial charge < -0.3 is 4.57 Å². The molecule has 0 saturated carbocycles. The van der Waals surface area contributed by atoms with E-state index in [-0.39, 0.29) is 5.56 Å². The largest absolute Gasteiger partial charge is 0.315 e. The minimum absolute atomic E-state index is 0.0774. The molecule has 13 heavy (non-hydrogen) atoms. The lowest BCUT2D eigenvalue weighted by Gasteiger charge is -2.10. The van der Waals surface area contributed by atoms with Crippen LogP contribution in [0.5, 0.6) is 0 Å². The molecule has 72 valence electrons. The van der Waals surface area contributed by atoms with Crippen molar-refractivity contribution in [3.63, 3.8) is 0 Å². The Morgan fingerprint density at radius 2 is 2.31 bits per heavy atom. The van der Waals surface area contributed by atoms with Gasteiger partial charge in [0.1, 0.15) is 0 Å². The predicted molar refractivity (Wildman–Crippen MR) is 58.5 cm³/mol. The zero-order valence-corrected chi connectivity index (χ0v) is 8.92. The number of nitrogens with zero attached hydrogens (tertiary/aromatic N) is 1. The Labute approximate surface area is 84.0 Å². The normalized spacial score (nSPS) is 12.8. The van der Waals surface area contributed by atoms with E-state index in [0.717, 1.165) is 17.9 Å². The predicted octanol–water partition coefficient (Wildman–Crippen LogP) is 1.72. The molecule has 0 aliphatic rings. The van der Waals surface area contributed by atoms with E-state index >= 15 is 0 Å². The van der Waals surface area contributed by atoms with Crippen molar-refractivity contribution < 1.29 is 0 Å². The number of aromatic nitrogens is 1. The molecule has 0 radical (unpaired) electrons. The first-order chi connectivity index (χ1) is 6.13. The molecule has 2 nitrogen and oxygen atoms in total. The van der Waals surface area contributed by atoms with Crippen LogP contribution in [0.15, 0.2) is 23.1 Å². The maximum Gasteiger partial charge on any atom is 0.250 e. The summed E-state index contributed by atoms with van der Waals surface area (Å²) in [7, 11) is 0. The summed E-state index contributed by atoms with van der Waals surface area (Å²) >= 11 is 4.18. The molecule has 0 bridgehead atoms. The summed E-state index contributed by atoms with van der Waals surface area (Å²) in [5.41, 5.74) is 1.09. The van der Waals surface area contributed by atoms with Crippen molar-refractivity contribution in [3.8, 4) is 0 Å². The highest BCUT2D eigenvalue weighted by Gasteiger charge is 2.01. The molecule has 0 spiro atoms. The molecule has 3 heteroatoms. The minimum atomic E-state index is 0.0774. The maximum absolute atomic E-state index is 11.4. The van der Waals surface area contributed by atoms with Crippen molar-refractivity contribution in [2.45, 2.75) is 20.4 Å². The van der Waals surface area contributed by atoms with Crippen molar-refractivity contribution in [2.24, 2.45) is 5.92 Å². The number of pyridine rings is 1. The Hall–Kier alpha value is -0.700. The van der Waals surface area contributed by atoms with Crippen LogP contribution in [0.2, 0.25) is 0 Å². The third-order valence-corrected chi connectivity index (χ3v) is 2.59. The molecule has 1 heterocycles. The molecule has 0 aliphatic carbocycles. The van der Waals surface area contributed by atoms with Crippen molar-refractivity contribution in [3.05, 3.63) is 34.2 Å². The molecule has 1 aromatic heterocycles. The van der Waals surface area contributed by atoms with E-state index in [9.17, 15) is 4.79 Å². The molecular weight excluding hydrogens is 182 g/mol. The van der Waals surface area contributed by atoms with Gasteiger partial charge in [-0.15, -0.1) is 0 Å². The van der Waals surface area contributed by atoms with Crippen LogP contribution in [-0.2, 0) is 6.54 Å². The quantitative estimate of drug-likeness (QED) is 0.732. The maximum atomic E-state index is 11.4. The highest BCUT2D eigenvalue weighted by atomic mass is 32.1. The van der Waals surface area contributed by atoms with Gasteiger partial charge in [0, 0.05) is 18.8 Å². The van der Waals surface area contributed by atoms with Gasteiger partial charge in [-0.05, 0) is 30.2 Å². The Balaban J connectivity index is 2.84. The molecular formula is C10H15NOS. The average Bonchev–Trinajstić information content (AvgIpc) is 2.09. The lowest BCUT2D eigenvalue weighted by Crippen LogP contribution is -2.22. The van der Waals surface area contributed by atoms with Crippen LogP contribution < -0.4 is 5.56 Å². The summed E-state index contributed by atoms with van der Waals surface area (Å²) in [6, 6.07) is 3.61. The summed E-state index contributed by atoms with van der Waals surface area (Å²) in [6.07, 6.45) is 1.84. The standard InChI is InChI=1S/C10H15NOS/c1-8-3-4-11(10(12)5-8)6-9(2)7-13/h3-5,9,13H,6-7H2,1-2H3. The summed E-state index contributed by atoms with van der Waals surface area (Å²) in [5, 5.41) is 0. The van der Waals surface area contributed by atoms with Gasteiger partial charge in [0.15, 0.2) is 0 Å². The topological polar surface area (TPSA) is 22.0 Å². The van der Waals surface area contributed by atoms with Gasteiger partial charge in [0.05, 0.1) is 0 Å². The highest BCUT2D eigenvalue weighted by Crippen LogP contribution is 2.01. The first-order valence-corrected chi connectivity index (χ1v) is 5.04. The van der Waals surface area contributed by atoms with E-state index in [0.29, 0.717) is 5.92 Å². The first-order valence-electron chi connectivity index (χ1n) is 4.41. The Bertz CT molecular complexity index is 332. The van der Waals surface area contributed by atoms with Gasteiger partial charge in [-0.1, -0.05) is 6.92 Å². The minimum Gasteiger partial charge on any atom is -0.315 e. The van der Waals surface area contributed by atoms with Gasteiger partial charge in [0.2, 0.25) is 0 Å². The van der Waals surface area contributed by atoms with E-state index in [1.54, 1.807) is 10.6 Å². The van der Waals surface area contributed by atoms with E-state index in [1.807, 2.05) is 19.2 Å². The van der Waals surface area contributed by atoms with Gasteiger partial charge in [-0.25, -0.2) is 0 Å². The Morgan fingerprint density at radius 3 is 2.85 bits per heavy atom. The van der Waals surface area contributed by atoms with Crippen LogP contribution in [0.25, 0.3) is 0 Å². The van der Waals surface area contributed by atoms with Crippen molar-refractivity contribution in [1.82, 2.24) is 4.57 Å². The zero-order valence-electron chi connectivity index (χ0n) is 8.03. The first kappa shape index (κ1) is 10.4. The molecule has 1 aromatic rings. The van der Waals surface area contributed by atoms with Gasteiger partial charge in [-0.2, -0.15) is 12.6 Å². The second-order valence-corrected chi connectivity index (χ2v) is 3.85. The van der Waals surface area contributed by atoms with Gasteiger partial charge >= 0.3 is 0 Å². The SMILES string of the molecule is Cc1ccn(CC(C)CS)c(=O)c1. The van der Waals surface area contributed by atoms with Gasteiger partial charge in [-0.3, -0.25) is 4.79 Å². The lowest BCUT2D eigenvalue weighted by atomic mass is 10.2. The summed E-state index contributed by atoms with van der Waals surface area (Å²) in [5.74, 6) is 1.24. The fourth-order valence-corrected chi connectivity index (χ4v) is 1.27. The Morgan fingerprint density at radius 1 is 1.62 bits per heavy atom. The third-order valence-electron chi connectivity index (χ3n) is 1.97. The molecule has 1 unspecified atom stereocenters. The van der Waals surface area contributed by atoms with Crippen LogP contribution in [0.1, 0.15) is 12.5 Å². The number of thiol groups is 1. The molecule has 0 saturated heterocycles. The third kappa shape index (κ3) is 2.92. The van der Waals surface area contributed by atoms with Crippen LogP contribution in [0, 0.1) is 12.8 Å². The molecule has 1 rings (SSSR count). The van der Waals surface area contributed by atoms with Crippen molar-refractivity contribution in [1.29, 1.82) is 0 Å². The molecule has 0 fully saturated rings. The van der Waals surface area contributed by atoms with E-state index < -0.39 is 0 Å². The van der Waals surface area contributed by atoms with Crippen molar-refractivity contribution in [2.75, 3.05) is 5.75 Å². The number of hydrogen-bond donors (Lipinski definition) is 1. The molecule has 0 amide bonds. The second-order valence-electron chi connectivity index (χ2n) is 3.48. The van der Waals surface area contributed by atoms with Crippen LogP contribution in [0.4, 0.5) is 0 Å². The van der Waals surface area contributed by atoms with Crippen LogP contribution in [-0.4, -0.2) is 10.3 Å². The summed E-state index contributed by atoms with van der Waals surface area (Å²) in [6.45, 7) is 4.76. The average molecular weight is 197 g/mol. The van der Waals surface area contributed by atoms with E-state index in [4.69, 9.17) is 0 Å². The fourth-order valence-electron chi connectivity index (χ4n) is 1.15. The van der Waals surface area contributed by atoms with E-state index in [2.05, 4.69) is 19.6 Å². The lowest BCUT2D eigenvalue weighted by molar-refractivity contribution is 0.518. The van der Waals surface area contributed by atoms with Crippen molar-refractivity contribution >= 4 is 12.6 Å². The zero-order chi connectivity index (χ0) is 9.84. The second kappa shape index (κ2) is 4.51. The fraction of sp³-hybridized carbons (Fsp3) is 0.500. The number of aryl methyl sites for hydroxylation is 1. The highest BCUT2D eigenvalue weighted by molar-refractivity contribution is 7.80. The van der Waals surface area contributed by atoms with Gasteiger partial charge in [0.25, 0.3) is 5.56 Å². The number of hydrogen-bond acceptors (Lipinski definition) is 2. The van der Waals surface area contributed by atoms with E-state index in [1.165, 1.54) is 0 Å². The molecule has 0 N–H and O–H groups in total. The van der Waals surface area contributed by atoms with Crippen LogP contribution in [0.3, 0.4) is 0 Å². The monoisotopic (exact) mass is 197 g/mol. The molecule has 0 aliphatic heterocycles. The van der Waals surface area contributed by atoms with Crippen LogP contribution >= 0.6 is 12.6 Å². The molecule has 0 aromatic carbocycles.